The number of hydrogen-bond donors (Lipinski definition) is 2. The minimum absolute atomic E-state index is 0.480. The first kappa shape index (κ1) is 14.3. The Kier molecular flexibility index (Phi) is 5.08. The van der Waals surface area contributed by atoms with Crippen LogP contribution < -0.4 is 11.1 Å². The van der Waals surface area contributed by atoms with Gasteiger partial charge in [0, 0.05) is 12.6 Å². The van der Waals surface area contributed by atoms with Crippen LogP contribution in [-0.2, 0) is 0 Å². The normalized spacial score (nSPS) is 31.3. The largest absolute Gasteiger partial charge is 0.328 e. The summed E-state index contributed by atoms with van der Waals surface area (Å²) in [6.07, 6.45) is 11.0. The Labute approximate surface area is 113 Å². The Balaban J connectivity index is 1.72. The van der Waals surface area contributed by atoms with E-state index in [1.165, 1.54) is 64.5 Å². The summed E-state index contributed by atoms with van der Waals surface area (Å²) in [5, 5.41) is 3.78. The third-order valence-electron chi connectivity index (χ3n) is 5.02. The summed E-state index contributed by atoms with van der Waals surface area (Å²) in [5.41, 5.74) is 6.60. The van der Waals surface area contributed by atoms with E-state index in [4.69, 9.17) is 5.73 Å². The third kappa shape index (κ3) is 3.96. The molecule has 0 aromatic heterocycles. The highest BCUT2D eigenvalue weighted by Crippen LogP contribution is 2.42. The first-order valence-corrected chi connectivity index (χ1v) is 8.06. The molecule has 0 aromatic rings. The highest BCUT2D eigenvalue weighted by atomic mass is 14.9. The Morgan fingerprint density at radius 3 is 2.50 bits per heavy atom. The number of nitrogens with two attached hydrogens (primary N) is 1. The Hall–Kier alpha value is -0.0800. The highest BCUT2D eigenvalue weighted by molar-refractivity contribution is 4.88. The molecule has 0 aromatic carbocycles. The molecule has 2 heteroatoms. The molecule has 2 fully saturated rings. The predicted molar refractivity (Wildman–Crippen MR) is 78.5 cm³/mol. The second kappa shape index (κ2) is 6.38. The van der Waals surface area contributed by atoms with Crippen molar-refractivity contribution in [1.29, 1.82) is 0 Å². The van der Waals surface area contributed by atoms with E-state index in [0.717, 1.165) is 11.8 Å². The van der Waals surface area contributed by atoms with Crippen molar-refractivity contribution in [2.75, 3.05) is 13.1 Å². The van der Waals surface area contributed by atoms with E-state index in [9.17, 15) is 0 Å². The summed E-state index contributed by atoms with van der Waals surface area (Å²) in [6.45, 7) is 7.19. The molecule has 0 aliphatic heterocycles. The molecule has 0 saturated heterocycles. The zero-order valence-electron chi connectivity index (χ0n) is 12.4. The Bertz CT molecular complexity index is 243. The summed E-state index contributed by atoms with van der Waals surface area (Å²) in [7, 11) is 0. The lowest BCUT2D eigenvalue weighted by Crippen LogP contribution is -2.35. The van der Waals surface area contributed by atoms with Gasteiger partial charge >= 0.3 is 0 Å². The van der Waals surface area contributed by atoms with Crippen molar-refractivity contribution in [2.24, 2.45) is 23.0 Å². The average Bonchev–Trinajstić information content (AvgIpc) is 2.88. The van der Waals surface area contributed by atoms with Crippen LogP contribution in [0.25, 0.3) is 0 Å². The van der Waals surface area contributed by atoms with Gasteiger partial charge in [0.25, 0.3) is 0 Å². The summed E-state index contributed by atoms with van der Waals surface area (Å²) >= 11 is 0. The van der Waals surface area contributed by atoms with E-state index in [-0.39, 0.29) is 0 Å². The molecule has 106 valence electrons. The van der Waals surface area contributed by atoms with Crippen molar-refractivity contribution < 1.29 is 0 Å². The fraction of sp³-hybridized carbons (Fsp3) is 1.00. The molecule has 3 N–H and O–H groups in total. The topological polar surface area (TPSA) is 38.0 Å². The van der Waals surface area contributed by atoms with Crippen LogP contribution in [0.5, 0.6) is 0 Å². The van der Waals surface area contributed by atoms with Gasteiger partial charge in [-0.25, -0.2) is 0 Å². The fourth-order valence-corrected chi connectivity index (χ4v) is 4.28. The van der Waals surface area contributed by atoms with E-state index in [1.807, 2.05) is 0 Å². The van der Waals surface area contributed by atoms with Crippen LogP contribution in [-0.4, -0.2) is 19.1 Å². The number of hydrogen-bond acceptors (Lipinski definition) is 2. The molecule has 2 aliphatic rings. The van der Waals surface area contributed by atoms with Gasteiger partial charge < -0.3 is 11.1 Å². The monoisotopic (exact) mass is 252 g/mol. The quantitative estimate of drug-likeness (QED) is 0.761. The maximum absolute atomic E-state index is 5.98. The predicted octanol–water partition coefficient (Wildman–Crippen LogP) is 3.31. The van der Waals surface area contributed by atoms with Gasteiger partial charge in [-0.05, 0) is 62.3 Å². The first-order chi connectivity index (χ1) is 8.60. The molecule has 0 bridgehead atoms. The molecule has 18 heavy (non-hydrogen) atoms. The van der Waals surface area contributed by atoms with Crippen molar-refractivity contribution in [1.82, 2.24) is 5.32 Å². The molecule has 0 amide bonds. The fourth-order valence-electron chi connectivity index (χ4n) is 4.28. The number of rotatable bonds is 6. The molecular weight excluding hydrogens is 220 g/mol. The third-order valence-corrected chi connectivity index (χ3v) is 5.02. The van der Waals surface area contributed by atoms with Gasteiger partial charge in [-0.15, -0.1) is 0 Å². The standard InChI is InChI=1S/C16H32N2/c1-13(2)10-16(7-3-4-8-16)12-18-11-14-5-6-15(17)9-14/h13-15,18H,3-12,17H2,1-2H3. The van der Waals surface area contributed by atoms with Gasteiger partial charge in [0.15, 0.2) is 0 Å². The van der Waals surface area contributed by atoms with Crippen molar-refractivity contribution >= 4 is 0 Å². The molecule has 2 unspecified atom stereocenters. The van der Waals surface area contributed by atoms with E-state index < -0.39 is 0 Å². The van der Waals surface area contributed by atoms with Crippen molar-refractivity contribution in [3.8, 4) is 0 Å². The Morgan fingerprint density at radius 1 is 1.22 bits per heavy atom. The smallest absolute Gasteiger partial charge is 0.00420 e. The minimum atomic E-state index is 0.480. The minimum Gasteiger partial charge on any atom is -0.328 e. The van der Waals surface area contributed by atoms with E-state index >= 15 is 0 Å². The zero-order chi connectivity index (χ0) is 13.0. The summed E-state index contributed by atoms with van der Waals surface area (Å²) < 4.78 is 0. The molecule has 0 radical (unpaired) electrons. The average molecular weight is 252 g/mol. The summed E-state index contributed by atoms with van der Waals surface area (Å²) in [5.74, 6) is 1.68. The van der Waals surface area contributed by atoms with Crippen molar-refractivity contribution in [2.45, 2.75) is 71.3 Å². The van der Waals surface area contributed by atoms with E-state index in [1.54, 1.807) is 0 Å². The molecule has 2 nitrogen and oxygen atoms in total. The van der Waals surface area contributed by atoms with Crippen LogP contribution in [0.4, 0.5) is 0 Å². The molecule has 2 saturated carbocycles. The van der Waals surface area contributed by atoms with Gasteiger partial charge in [-0.2, -0.15) is 0 Å². The molecule has 2 atom stereocenters. The lowest BCUT2D eigenvalue weighted by atomic mass is 9.78. The molecule has 2 rings (SSSR count). The van der Waals surface area contributed by atoms with Gasteiger partial charge in [-0.1, -0.05) is 26.7 Å². The van der Waals surface area contributed by atoms with Crippen LogP contribution in [0, 0.1) is 17.3 Å². The van der Waals surface area contributed by atoms with Crippen LogP contribution in [0.1, 0.15) is 65.2 Å². The van der Waals surface area contributed by atoms with Crippen molar-refractivity contribution in [3.63, 3.8) is 0 Å². The van der Waals surface area contributed by atoms with E-state index in [0.29, 0.717) is 11.5 Å². The highest BCUT2D eigenvalue weighted by Gasteiger charge is 2.34. The zero-order valence-corrected chi connectivity index (χ0v) is 12.4. The molecule has 0 spiro atoms. The second-order valence-corrected chi connectivity index (χ2v) is 7.38. The summed E-state index contributed by atoms with van der Waals surface area (Å²) in [6, 6.07) is 0.480. The number of nitrogens with one attached hydrogen (secondary N) is 1. The lowest BCUT2D eigenvalue weighted by molar-refractivity contribution is 0.220. The van der Waals surface area contributed by atoms with Crippen molar-refractivity contribution in [3.05, 3.63) is 0 Å². The SMILES string of the molecule is CC(C)CC1(CNCC2CCC(N)C2)CCCC1. The summed E-state index contributed by atoms with van der Waals surface area (Å²) in [4.78, 5) is 0. The molecular formula is C16H32N2. The van der Waals surface area contributed by atoms with Gasteiger partial charge in [-0.3, -0.25) is 0 Å². The lowest BCUT2D eigenvalue weighted by Gasteiger charge is -2.32. The second-order valence-electron chi connectivity index (χ2n) is 7.38. The molecule has 2 aliphatic carbocycles. The maximum atomic E-state index is 5.98. The van der Waals surface area contributed by atoms with Crippen LogP contribution in [0.2, 0.25) is 0 Å². The van der Waals surface area contributed by atoms with Gasteiger partial charge in [0.2, 0.25) is 0 Å². The molecule has 0 heterocycles. The van der Waals surface area contributed by atoms with Gasteiger partial charge in [0.1, 0.15) is 0 Å². The maximum Gasteiger partial charge on any atom is 0.00420 e. The van der Waals surface area contributed by atoms with Crippen LogP contribution >= 0.6 is 0 Å². The van der Waals surface area contributed by atoms with Crippen LogP contribution in [0.15, 0.2) is 0 Å². The van der Waals surface area contributed by atoms with Gasteiger partial charge in [0.05, 0.1) is 0 Å². The first-order valence-electron chi connectivity index (χ1n) is 8.06. The Morgan fingerprint density at radius 2 is 1.94 bits per heavy atom. The van der Waals surface area contributed by atoms with E-state index in [2.05, 4.69) is 19.2 Å². The van der Waals surface area contributed by atoms with Crippen LogP contribution in [0.3, 0.4) is 0 Å².